The first-order valence-corrected chi connectivity index (χ1v) is 10.1. The Kier molecular flexibility index (Phi) is 11.3. The molecule has 1 aliphatic heterocycles. The van der Waals surface area contributed by atoms with Crippen LogP contribution in [-0.4, -0.2) is 55.8 Å². The Hall–Kier alpha value is -1.55. The summed E-state index contributed by atoms with van der Waals surface area (Å²) in [6, 6.07) is 8.73. The minimum absolute atomic E-state index is 0. The maximum Gasteiger partial charge on any atom is 0.407 e. The highest BCUT2D eigenvalue weighted by atomic mass is 127. The molecule has 1 aromatic carbocycles. The molecule has 1 fully saturated rings. The molecular weight excluding hydrogens is 481 g/mol. The van der Waals surface area contributed by atoms with E-state index < -0.39 is 11.7 Å². The molecule has 2 rings (SSSR count). The van der Waals surface area contributed by atoms with Gasteiger partial charge < -0.3 is 20.7 Å². The number of carbonyl (C=O) groups is 1. The fourth-order valence-corrected chi connectivity index (χ4v) is 3.03. The van der Waals surface area contributed by atoms with Gasteiger partial charge >= 0.3 is 6.09 Å². The monoisotopic (exact) mass is 517 g/mol. The quantitative estimate of drug-likeness (QED) is 0.224. The lowest BCUT2D eigenvalue weighted by molar-refractivity contribution is 0.0529. The van der Waals surface area contributed by atoms with E-state index in [1.807, 2.05) is 20.8 Å². The number of alkyl carbamates (subject to hydrolysis) is 1. The van der Waals surface area contributed by atoms with Gasteiger partial charge in [0, 0.05) is 33.2 Å². The molecule has 0 aromatic heterocycles. The molecule has 1 amide bonds. The fraction of sp³-hybridized carbons (Fsp3) is 0.619. The van der Waals surface area contributed by atoms with Crippen LogP contribution in [0.1, 0.15) is 44.7 Å². The molecule has 0 atom stereocenters. The lowest BCUT2D eigenvalue weighted by Crippen LogP contribution is -2.42. The standard InChI is InChI=1S/C21H35N5O2.HI/c1-21(2,3)28-20(27)24-12-11-23-19(22-4)25-15-17-7-9-18(10-8-17)16-26-13-5-6-14-26;/h7-10H,5-6,11-16H2,1-4H3,(H,24,27)(H2,22,23,25);1H. The summed E-state index contributed by atoms with van der Waals surface area (Å²) in [6.45, 7) is 10.7. The highest BCUT2D eigenvalue weighted by Crippen LogP contribution is 2.13. The van der Waals surface area contributed by atoms with Gasteiger partial charge in [0.15, 0.2) is 5.96 Å². The largest absolute Gasteiger partial charge is 0.444 e. The zero-order chi connectivity index (χ0) is 20.4. The van der Waals surface area contributed by atoms with Crippen LogP contribution in [0.5, 0.6) is 0 Å². The van der Waals surface area contributed by atoms with E-state index >= 15 is 0 Å². The van der Waals surface area contributed by atoms with E-state index in [1.165, 1.54) is 37.1 Å². The average Bonchev–Trinajstić information content (AvgIpc) is 3.14. The molecule has 0 unspecified atom stereocenters. The van der Waals surface area contributed by atoms with Crippen LogP contribution in [0.4, 0.5) is 4.79 Å². The molecule has 1 aliphatic rings. The van der Waals surface area contributed by atoms with Crippen LogP contribution >= 0.6 is 24.0 Å². The van der Waals surface area contributed by atoms with Crippen LogP contribution in [0, 0.1) is 0 Å². The molecule has 164 valence electrons. The van der Waals surface area contributed by atoms with Crippen molar-refractivity contribution >= 4 is 36.0 Å². The normalized spacial score (nSPS) is 14.8. The van der Waals surface area contributed by atoms with Crippen molar-refractivity contribution in [2.24, 2.45) is 4.99 Å². The summed E-state index contributed by atoms with van der Waals surface area (Å²) in [6.07, 6.45) is 2.23. The third-order valence-electron chi connectivity index (χ3n) is 4.40. The first-order valence-electron chi connectivity index (χ1n) is 10.1. The minimum Gasteiger partial charge on any atom is -0.444 e. The van der Waals surface area contributed by atoms with Gasteiger partial charge in [-0.2, -0.15) is 0 Å². The third kappa shape index (κ3) is 10.7. The van der Waals surface area contributed by atoms with Crippen LogP contribution in [-0.2, 0) is 17.8 Å². The number of ether oxygens (including phenoxy) is 1. The number of amides is 1. The first kappa shape index (κ1) is 25.5. The highest BCUT2D eigenvalue weighted by molar-refractivity contribution is 14.0. The molecular formula is C21H36IN5O2. The Morgan fingerprint density at radius 1 is 1.03 bits per heavy atom. The summed E-state index contributed by atoms with van der Waals surface area (Å²) in [7, 11) is 1.73. The van der Waals surface area contributed by atoms with Gasteiger partial charge in [-0.3, -0.25) is 9.89 Å². The van der Waals surface area contributed by atoms with E-state index in [1.54, 1.807) is 7.05 Å². The molecule has 0 spiro atoms. The van der Waals surface area contributed by atoms with Gasteiger partial charge in [-0.25, -0.2) is 4.79 Å². The van der Waals surface area contributed by atoms with Crippen molar-refractivity contribution in [1.29, 1.82) is 0 Å². The molecule has 1 heterocycles. The second-order valence-electron chi connectivity index (χ2n) is 8.08. The second kappa shape index (κ2) is 12.9. The van der Waals surface area contributed by atoms with Crippen molar-refractivity contribution in [2.75, 3.05) is 33.2 Å². The number of hydrogen-bond acceptors (Lipinski definition) is 4. The van der Waals surface area contributed by atoms with Gasteiger partial charge in [0.1, 0.15) is 5.60 Å². The summed E-state index contributed by atoms with van der Waals surface area (Å²) < 4.78 is 5.20. The van der Waals surface area contributed by atoms with Crippen LogP contribution in [0.25, 0.3) is 0 Å². The summed E-state index contributed by atoms with van der Waals surface area (Å²) in [5.41, 5.74) is 2.08. The van der Waals surface area contributed by atoms with Crippen molar-refractivity contribution in [3.05, 3.63) is 35.4 Å². The number of carbonyl (C=O) groups excluding carboxylic acids is 1. The second-order valence-corrected chi connectivity index (χ2v) is 8.08. The number of guanidine groups is 1. The van der Waals surface area contributed by atoms with Gasteiger partial charge in [-0.05, 0) is 57.8 Å². The Labute approximate surface area is 192 Å². The van der Waals surface area contributed by atoms with Crippen LogP contribution in [0.15, 0.2) is 29.3 Å². The Morgan fingerprint density at radius 3 is 2.21 bits per heavy atom. The number of aliphatic imine (C=N–C) groups is 1. The summed E-state index contributed by atoms with van der Waals surface area (Å²) in [4.78, 5) is 18.3. The van der Waals surface area contributed by atoms with Gasteiger partial charge in [0.05, 0.1) is 0 Å². The van der Waals surface area contributed by atoms with E-state index in [2.05, 4.69) is 50.1 Å². The minimum atomic E-state index is -0.487. The maximum absolute atomic E-state index is 11.6. The Balaban J connectivity index is 0.00000420. The van der Waals surface area contributed by atoms with Crippen molar-refractivity contribution in [1.82, 2.24) is 20.9 Å². The van der Waals surface area contributed by atoms with Crippen molar-refractivity contribution in [2.45, 2.75) is 52.3 Å². The number of halogens is 1. The fourth-order valence-electron chi connectivity index (χ4n) is 3.03. The smallest absolute Gasteiger partial charge is 0.407 e. The summed E-state index contributed by atoms with van der Waals surface area (Å²) in [5, 5.41) is 9.19. The zero-order valence-corrected chi connectivity index (χ0v) is 20.4. The van der Waals surface area contributed by atoms with Gasteiger partial charge in [-0.1, -0.05) is 24.3 Å². The first-order chi connectivity index (χ1) is 13.4. The van der Waals surface area contributed by atoms with E-state index in [-0.39, 0.29) is 24.0 Å². The number of nitrogens with one attached hydrogen (secondary N) is 3. The predicted octanol–water partition coefficient (Wildman–Crippen LogP) is 3.09. The number of nitrogens with zero attached hydrogens (tertiary/aromatic N) is 2. The number of hydrogen-bond donors (Lipinski definition) is 3. The van der Waals surface area contributed by atoms with E-state index in [0.29, 0.717) is 25.6 Å². The zero-order valence-electron chi connectivity index (χ0n) is 18.1. The van der Waals surface area contributed by atoms with Crippen LogP contribution < -0.4 is 16.0 Å². The molecule has 29 heavy (non-hydrogen) atoms. The number of rotatable bonds is 7. The topological polar surface area (TPSA) is 78.0 Å². The van der Waals surface area contributed by atoms with E-state index in [9.17, 15) is 4.79 Å². The van der Waals surface area contributed by atoms with Gasteiger partial charge in [0.25, 0.3) is 0 Å². The lowest BCUT2D eigenvalue weighted by atomic mass is 10.1. The summed E-state index contributed by atoms with van der Waals surface area (Å²) >= 11 is 0. The molecule has 8 heteroatoms. The lowest BCUT2D eigenvalue weighted by Gasteiger charge is -2.20. The van der Waals surface area contributed by atoms with Crippen LogP contribution in [0.2, 0.25) is 0 Å². The highest BCUT2D eigenvalue weighted by Gasteiger charge is 2.15. The Bertz CT molecular complexity index is 637. The molecule has 0 aliphatic carbocycles. The molecule has 1 saturated heterocycles. The molecule has 7 nitrogen and oxygen atoms in total. The van der Waals surface area contributed by atoms with E-state index in [0.717, 1.165) is 6.54 Å². The average molecular weight is 517 g/mol. The molecule has 0 radical (unpaired) electrons. The summed E-state index contributed by atoms with van der Waals surface area (Å²) in [5.74, 6) is 0.701. The maximum atomic E-state index is 11.6. The third-order valence-corrected chi connectivity index (χ3v) is 4.40. The van der Waals surface area contributed by atoms with Crippen LogP contribution in [0.3, 0.4) is 0 Å². The van der Waals surface area contributed by atoms with Crippen molar-refractivity contribution in [3.63, 3.8) is 0 Å². The predicted molar refractivity (Wildman–Crippen MR) is 129 cm³/mol. The Morgan fingerprint density at radius 2 is 1.62 bits per heavy atom. The number of likely N-dealkylation sites (tertiary alicyclic amines) is 1. The molecule has 3 N–H and O–H groups in total. The van der Waals surface area contributed by atoms with Gasteiger partial charge in [-0.15, -0.1) is 24.0 Å². The molecule has 0 saturated carbocycles. The van der Waals surface area contributed by atoms with Gasteiger partial charge in [0.2, 0.25) is 0 Å². The SMILES string of the molecule is CN=C(NCCNC(=O)OC(C)(C)C)NCc1ccc(CN2CCCC2)cc1.I. The number of benzene rings is 1. The molecule has 1 aromatic rings. The molecule has 0 bridgehead atoms. The van der Waals surface area contributed by atoms with Crippen molar-refractivity contribution in [3.8, 4) is 0 Å². The van der Waals surface area contributed by atoms with E-state index in [4.69, 9.17) is 4.74 Å². The van der Waals surface area contributed by atoms with Crippen molar-refractivity contribution < 1.29 is 9.53 Å².